The second-order valence-corrected chi connectivity index (χ2v) is 9.90. The number of nitrogens with zero attached hydrogens (tertiary/aromatic N) is 3. The van der Waals surface area contributed by atoms with Gasteiger partial charge in [0.1, 0.15) is 11.9 Å². The number of carbonyl (C=O) groups is 1. The average Bonchev–Trinajstić information content (AvgIpc) is 2.81. The summed E-state index contributed by atoms with van der Waals surface area (Å²) in [5, 5.41) is 0. The Labute approximate surface area is 196 Å². The highest BCUT2D eigenvalue weighted by Crippen LogP contribution is 2.30. The number of carbonyl (C=O) groups excluding carboxylic acids is 1. The van der Waals surface area contributed by atoms with Gasteiger partial charge in [-0.15, -0.1) is 0 Å². The van der Waals surface area contributed by atoms with Crippen LogP contribution in [-0.4, -0.2) is 42.0 Å². The minimum Gasteiger partial charge on any atom is -0.474 e. The van der Waals surface area contributed by atoms with Gasteiger partial charge in [-0.1, -0.05) is 13.0 Å². The van der Waals surface area contributed by atoms with Crippen molar-refractivity contribution < 1.29 is 13.9 Å². The topological polar surface area (TPSA) is 45.7 Å². The van der Waals surface area contributed by atoms with E-state index < -0.39 is 0 Å². The summed E-state index contributed by atoms with van der Waals surface area (Å²) in [5.74, 6) is 1.02. The molecule has 0 N–H and O–H groups in total. The van der Waals surface area contributed by atoms with E-state index in [0.29, 0.717) is 5.88 Å². The summed E-state index contributed by atoms with van der Waals surface area (Å²) in [6, 6.07) is 9.33. The van der Waals surface area contributed by atoms with Gasteiger partial charge in [-0.25, -0.2) is 9.37 Å². The molecule has 5 nitrogen and oxygen atoms in total. The summed E-state index contributed by atoms with van der Waals surface area (Å²) in [5.41, 5.74) is 3.55. The molecule has 0 spiro atoms. The Hall–Kier alpha value is -2.47. The lowest BCUT2D eigenvalue weighted by Crippen LogP contribution is -2.37. The molecule has 178 valence electrons. The minimum absolute atomic E-state index is 0.00541. The van der Waals surface area contributed by atoms with Crippen LogP contribution in [-0.2, 0) is 11.3 Å². The summed E-state index contributed by atoms with van der Waals surface area (Å²) >= 11 is 0. The van der Waals surface area contributed by atoms with Gasteiger partial charge in [-0.3, -0.25) is 9.69 Å². The molecular formula is C27H36FN3O2. The van der Waals surface area contributed by atoms with Crippen LogP contribution in [0.3, 0.4) is 0 Å². The molecule has 1 aliphatic carbocycles. The number of likely N-dealkylation sites (tertiary alicyclic amines) is 1. The van der Waals surface area contributed by atoms with Gasteiger partial charge >= 0.3 is 0 Å². The fourth-order valence-corrected chi connectivity index (χ4v) is 5.17. The Morgan fingerprint density at radius 3 is 2.64 bits per heavy atom. The normalized spacial score (nSPS) is 23.8. The lowest BCUT2D eigenvalue weighted by atomic mass is 9.86. The van der Waals surface area contributed by atoms with Crippen molar-refractivity contribution in [3.8, 4) is 5.88 Å². The lowest BCUT2D eigenvalue weighted by Gasteiger charge is -2.32. The molecule has 1 aliphatic heterocycles. The van der Waals surface area contributed by atoms with Crippen molar-refractivity contribution in [2.75, 3.05) is 25.0 Å². The van der Waals surface area contributed by atoms with Gasteiger partial charge in [0.05, 0.1) is 6.20 Å². The van der Waals surface area contributed by atoms with Crippen LogP contribution in [0.2, 0.25) is 0 Å². The third kappa shape index (κ3) is 6.11. The third-order valence-corrected chi connectivity index (χ3v) is 7.19. The summed E-state index contributed by atoms with van der Waals surface area (Å²) in [6.45, 7) is 7.82. The first-order valence-electron chi connectivity index (χ1n) is 12.3. The first-order valence-corrected chi connectivity index (χ1v) is 12.3. The molecule has 4 rings (SSSR count). The van der Waals surface area contributed by atoms with E-state index in [1.54, 1.807) is 6.07 Å². The van der Waals surface area contributed by atoms with Crippen LogP contribution in [0.25, 0.3) is 0 Å². The first kappa shape index (κ1) is 23.7. The number of aryl methyl sites for hydroxylation is 1. The number of amides is 1. The van der Waals surface area contributed by atoms with Crippen LogP contribution in [0.5, 0.6) is 5.88 Å². The molecule has 1 atom stereocenters. The molecule has 33 heavy (non-hydrogen) atoms. The fourth-order valence-electron chi connectivity index (χ4n) is 5.17. The van der Waals surface area contributed by atoms with Crippen LogP contribution >= 0.6 is 0 Å². The van der Waals surface area contributed by atoms with Gasteiger partial charge in [-0.05, 0) is 87.2 Å². The van der Waals surface area contributed by atoms with Crippen molar-refractivity contribution in [1.82, 2.24) is 9.88 Å². The zero-order valence-corrected chi connectivity index (χ0v) is 20.1. The second-order valence-electron chi connectivity index (χ2n) is 9.90. The predicted molar refractivity (Wildman–Crippen MR) is 129 cm³/mol. The summed E-state index contributed by atoms with van der Waals surface area (Å²) < 4.78 is 18.9. The number of hydrogen-bond acceptors (Lipinski definition) is 4. The van der Waals surface area contributed by atoms with Crippen molar-refractivity contribution >= 4 is 11.6 Å². The molecule has 2 aromatic rings. The SMILES string of the molecule is Cc1cc(N(C)C(=O)C2CCC(Oc3ccc(F)cn3)CC2)ccc1CN1CCC[C@@H](C)C1. The molecule has 2 aliphatic rings. The zero-order chi connectivity index (χ0) is 23.4. The number of piperidine rings is 1. The van der Waals surface area contributed by atoms with Gasteiger partial charge in [0.25, 0.3) is 0 Å². The van der Waals surface area contributed by atoms with Gasteiger partial charge in [0.2, 0.25) is 11.8 Å². The molecule has 1 saturated carbocycles. The van der Waals surface area contributed by atoms with E-state index in [-0.39, 0.29) is 23.7 Å². The molecule has 2 heterocycles. The molecule has 1 aromatic carbocycles. The maximum Gasteiger partial charge on any atom is 0.229 e. The monoisotopic (exact) mass is 453 g/mol. The Kier molecular flexibility index (Phi) is 7.63. The van der Waals surface area contributed by atoms with Gasteiger partial charge < -0.3 is 9.64 Å². The molecule has 1 saturated heterocycles. The molecule has 0 radical (unpaired) electrons. The smallest absolute Gasteiger partial charge is 0.229 e. The minimum atomic E-state index is -0.371. The Bertz CT molecular complexity index is 941. The molecule has 2 fully saturated rings. The van der Waals surface area contributed by atoms with E-state index in [1.807, 2.05) is 11.9 Å². The zero-order valence-electron chi connectivity index (χ0n) is 20.1. The van der Waals surface area contributed by atoms with Crippen LogP contribution in [0.4, 0.5) is 10.1 Å². The van der Waals surface area contributed by atoms with Crippen molar-refractivity contribution in [3.05, 3.63) is 53.5 Å². The van der Waals surface area contributed by atoms with E-state index in [2.05, 4.69) is 41.9 Å². The quantitative estimate of drug-likeness (QED) is 0.591. The summed E-state index contributed by atoms with van der Waals surface area (Å²) in [4.78, 5) is 21.5. The molecule has 1 aromatic heterocycles. The van der Waals surface area contributed by atoms with Crippen LogP contribution in [0, 0.1) is 24.6 Å². The average molecular weight is 454 g/mol. The molecule has 0 bridgehead atoms. The van der Waals surface area contributed by atoms with Crippen molar-refractivity contribution in [2.45, 2.75) is 65.0 Å². The van der Waals surface area contributed by atoms with Gasteiger partial charge in [0.15, 0.2) is 0 Å². The van der Waals surface area contributed by atoms with E-state index in [1.165, 1.54) is 49.3 Å². The summed E-state index contributed by atoms with van der Waals surface area (Å²) in [6.07, 6.45) is 6.99. The standard InChI is InChI=1S/C27H36FN3O2/c1-19-5-4-14-31(17-19)18-22-6-10-24(15-20(22)2)30(3)27(32)21-7-11-25(12-8-21)33-26-13-9-23(28)16-29-26/h6,9-10,13,15-16,19,21,25H,4-5,7-8,11-12,14,17-18H2,1-3H3/t19-,21?,25?/m1/s1. The lowest BCUT2D eigenvalue weighted by molar-refractivity contribution is -0.123. The Balaban J connectivity index is 1.30. The van der Waals surface area contributed by atoms with Crippen LogP contribution in [0.15, 0.2) is 36.5 Å². The Morgan fingerprint density at radius 1 is 1.18 bits per heavy atom. The maximum absolute atomic E-state index is 13.2. The highest BCUT2D eigenvalue weighted by molar-refractivity contribution is 5.94. The van der Waals surface area contributed by atoms with E-state index in [9.17, 15) is 9.18 Å². The highest BCUT2D eigenvalue weighted by Gasteiger charge is 2.30. The molecular weight excluding hydrogens is 417 g/mol. The number of anilines is 1. The van der Waals surface area contributed by atoms with Crippen molar-refractivity contribution in [3.63, 3.8) is 0 Å². The Morgan fingerprint density at radius 2 is 1.97 bits per heavy atom. The van der Waals surface area contributed by atoms with E-state index >= 15 is 0 Å². The van der Waals surface area contributed by atoms with Crippen molar-refractivity contribution in [2.24, 2.45) is 11.8 Å². The predicted octanol–water partition coefficient (Wildman–Crippen LogP) is 5.36. The second kappa shape index (κ2) is 10.6. The number of benzene rings is 1. The fraction of sp³-hybridized carbons (Fsp3) is 0.556. The number of rotatable bonds is 6. The number of halogens is 1. The number of ether oxygens (including phenoxy) is 1. The van der Waals surface area contributed by atoms with Crippen LogP contribution < -0.4 is 9.64 Å². The van der Waals surface area contributed by atoms with E-state index in [4.69, 9.17) is 4.74 Å². The number of pyridine rings is 1. The maximum atomic E-state index is 13.2. The van der Waals surface area contributed by atoms with Gasteiger partial charge in [0, 0.05) is 37.8 Å². The van der Waals surface area contributed by atoms with Crippen molar-refractivity contribution in [1.29, 1.82) is 0 Å². The number of hydrogen-bond donors (Lipinski definition) is 0. The molecule has 6 heteroatoms. The molecule has 0 unspecified atom stereocenters. The highest BCUT2D eigenvalue weighted by atomic mass is 19.1. The number of aromatic nitrogens is 1. The summed E-state index contributed by atoms with van der Waals surface area (Å²) in [7, 11) is 1.88. The van der Waals surface area contributed by atoms with Crippen LogP contribution in [0.1, 0.15) is 56.6 Å². The van der Waals surface area contributed by atoms with Gasteiger partial charge in [-0.2, -0.15) is 0 Å². The first-order chi connectivity index (χ1) is 15.9. The molecule has 1 amide bonds. The van der Waals surface area contributed by atoms with E-state index in [0.717, 1.165) is 43.8 Å². The largest absolute Gasteiger partial charge is 0.474 e. The third-order valence-electron chi connectivity index (χ3n) is 7.19.